The molecule has 2 atom stereocenters. The standard InChI is InChI=1S/C17H28N6O2/c1-21(11-16-19-15(12-24-4)20-25-16)9-13-6-5-7-22(2)17(13)14-8-18-23(3)10-14/h8,10,13,17H,5-7,9,11-12H2,1-4H3/t13-,17+/m0/s1. The van der Waals surface area contributed by atoms with Gasteiger partial charge in [0.1, 0.15) is 6.61 Å². The molecule has 3 rings (SSSR count). The van der Waals surface area contributed by atoms with Gasteiger partial charge in [-0.1, -0.05) is 5.16 Å². The second kappa shape index (κ2) is 8.07. The second-order valence-electron chi connectivity index (χ2n) is 7.01. The summed E-state index contributed by atoms with van der Waals surface area (Å²) < 4.78 is 12.2. The Morgan fingerprint density at radius 3 is 2.96 bits per heavy atom. The molecular formula is C17H28N6O2. The number of aromatic nitrogens is 4. The van der Waals surface area contributed by atoms with Crippen molar-refractivity contribution in [2.75, 3.05) is 34.3 Å². The number of hydrogen-bond donors (Lipinski definition) is 0. The number of aryl methyl sites for hydroxylation is 1. The van der Waals surface area contributed by atoms with Crippen LogP contribution in [0, 0.1) is 5.92 Å². The summed E-state index contributed by atoms with van der Waals surface area (Å²) in [5.74, 6) is 1.78. The van der Waals surface area contributed by atoms with E-state index in [0.29, 0.717) is 36.8 Å². The van der Waals surface area contributed by atoms with Gasteiger partial charge in [0.05, 0.1) is 12.7 Å². The molecule has 8 nitrogen and oxygen atoms in total. The van der Waals surface area contributed by atoms with Crippen LogP contribution in [0.2, 0.25) is 0 Å². The third-order valence-corrected chi connectivity index (χ3v) is 4.81. The van der Waals surface area contributed by atoms with Crippen LogP contribution < -0.4 is 0 Å². The molecule has 1 aliphatic heterocycles. The Morgan fingerprint density at radius 1 is 1.40 bits per heavy atom. The van der Waals surface area contributed by atoms with Crippen molar-refractivity contribution in [3.8, 4) is 0 Å². The lowest BCUT2D eigenvalue weighted by Crippen LogP contribution is -2.40. The maximum absolute atomic E-state index is 5.31. The molecule has 1 saturated heterocycles. The molecule has 0 aliphatic carbocycles. The molecule has 1 aliphatic rings. The van der Waals surface area contributed by atoms with Crippen LogP contribution in [0.1, 0.15) is 36.2 Å². The van der Waals surface area contributed by atoms with Gasteiger partial charge in [-0.2, -0.15) is 10.1 Å². The van der Waals surface area contributed by atoms with Gasteiger partial charge in [0.2, 0.25) is 5.89 Å². The van der Waals surface area contributed by atoms with Crippen LogP contribution in [0.5, 0.6) is 0 Å². The number of likely N-dealkylation sites (tertiary alicyclic amines) is 1. The van der Waals surface area contributed by atoms with Gasteiger partial charge in [0, 0.05) is 38.5 Å². The van der Waals surface area contributed by atoms with Crippen molar-refractivity contribution in [1.82, 2.24) is 29.7 Å². The highest BCUT2D eigenvalue weighted by Crippen LogP contribution is 2.35. The molecule has 1 fully saturated rings. The largest absolute Gasteiger partial charge is 0.377 e. The lowest BCUT2D eigenvalue weighted by atomic mass is 9.86. The van der Waals surface area contributed by atoms with Crippen LogP contribution in [0.4, 0.5) is 0 Å². The molecule has 3 heterocycles. The van der Waals surface area contributed by atoms with Crippen molar-refractivity contribution in [3.63, 3.8) is 0 Å². The van der Waals surface area contributed by atoms with Gasteiger partial charge in [-0.25, -0.2) is 0 Å². The Balaban J connectivity index is 1.64. The Hall–Kier alpha value is -1.77. The van der Waals surface area contributed by atoms with Crippen molar-refractivity contribution >= 4 is 0 Å². The van der Waals surface area contributed by atoms with E-state index in [1.54, 1.807) is 7.11 Å². The molecule has 2 aromatic rings. The van der Waals surface area contributed by atoms with Crippen molar-refractivity contribution in [1.29, 1.82) is 0 Å². The van der Waals surface area contributed by atoms with E-state index in [1.807, 2.05) is 17.9 Å². The van der Waals surface area contributed by atoms with Gasteiger partial charge >= 0.3 is 0 Å². The molecule has 8 heteroatoms. The third-order valence-electron chi connectivity index (χ3n) is 4.81. The Kier molecular flexibility index (Phi) is 5.82. The number of hydrogen-bond acceptors (Lipinski definition) is 7. The van der Waals surface area contributed by atoms with Crippen molar-refractivity contribution in [3.05, 3.63) is 29.7 Å². The van der Waals surface area contributed by atoms with Gasteiger partial charge in [-0.3, -0.25) is 14.5 Å². The minimum atomic E-state index is 0.379. The van der Waals surface area contributed by atoms with E-state index in [9.17, 15) is 0 Å². The summed E-state index contributed by atoms with van der Waals surface area (Å²) in [4.78, 5) is 9.07. The molecule has 2 aromatic heterocycles. The zero-order valence-corrected chi connectivity index (χ0v) is 15.6. The lowest BCUT2D eigenvalue weighted by molar-refractivity contribution is 0.0895. The number of piperidine rings is 1. The monoisotopic (exact) mass is 348 g/mol. The fourth-order valence-electron chi connectivity index (χ4n) is 3.81. The highest BCUT2D eigenvalue weighted by atomic mass is 16.5. The first-order chi connectivity index (χ1) is 12.1. The van der Waals surface area contributed by atoms with E-state index in [4.69, 9.17) is 9.26 Å². The normalized spacial score (nSPS) is 22.0. The summed E-state index contributed by atoms with van der Waals surface area (Å²) in [6.07, 6.45) is 6.57. The smallest absolute Gasteiger partial charge is 0.240 e. The molecule has 138 valence electrons. The SMILES string of the molecule is COCc1noc(CN(C)C[C@@H]2CCCN(C)[C@H]2c2cnn(C)c2)n1. The molecule has 25 heavy (non-hydrogen) atoms. The Morgan fingerprint density at radius 2 is 2.24 bits per heavy atom. The number of rotatable bonds is 7. The first-order valence-corrected chi connectivity index (χ1v) is 8.74. The highest BCUT2D eigenvalue weighted by Gasteiger charge is 2.32. The average molecular weight is 348 g/mol. The fourth-order valence-corrected chi connectivity index (χ4v) is 3.81. The van der Waals surface area contributed by atoms with E-state index < -0.39 is 0 Å². The lowest BCUT2D eigenvalue weighted by Gasteiger charge is -2.40. The summed E-state index contributed by atoms with van der Waals surface area (Å²) in [5, 5.41) is 8.29. The minimum absolute atomic E-state index is 0.379. The maximum atomic E-state index is 5.31. The topological polar surface area (TPSA) is 72.5 Å². The summed E-state index contributed by atoms with van der Waals surface area (Å²) in [6, 6.07) is 0.400. The molecule has 0 amide bonds. The van der Waals surface area contributed by atoms with Crippen LogP contribution in [-0.2, 0) is 24.9 Å². The van der Waals surface area contributed by atoms with Crippen molar-refractivity contribution in [2.24, 2.45) is 13.0 Å². The maximum Gasteiger partial charge on any atom is 0.240 e. The number of methoxy groups -OCH3 is 1. The molecule has 0 bridgehead atoms. The molecule has 0 N–H and O–H groups in total. The van der Waals surface area contributed by atoms with Gasteiger partial charge in [-0.15, -0.1) is 0 Å². The van der Waals surface area contributed by atoms with Gasteiger partial charge in [0.15, 0.2) is 5.82 Å². The van der Waals surface area contributed by atoms with Crippen LogP contribution in [0.25, 0.3) is 0 Å². The van der Waals surface area contributed by atoms with Gasteiger partial charge in [0.25, 0.3) is 0 Å². The predicted molar refractivity (Wildman–Crippen MR) is 92.6 cm³/mol. The van der Waals surface area contributed by atoms with Crippen molar-refractivity contribution < 1.29 is 9.26 Å². The van der Waals surface area contributed by atoms with E-state index in [1.165, 1.54) is 18.4 Å². The zero-order valence-electron chi connectivity index (χ0n) is 15.6. The molecule has 0 spiro atoms. The van der Waals surface area contributed by atoms with E-state index in [-0.39, 0.29) is 0 Å². The van der Waals surface area contributed by atoms with Crippen LogP contribution in [0.15, 0.2) is 16.9 Å². The van der Waals surface area contributed by atoms with E-state index in [0.717, 1.165) is 13.1 Å². The average Bonchev–Trinajstić information content (AvgIpc) is 3.17. The first-order valence-electron chi connectivity index (χ1n) is 8.74. The predicted octanol–water partition coefficient (Wildman–Crippen LogP) is 1.46. The number of ether oxygens (including phenoxy) is 1. The van der Waals surface area contributed by atoms with Crippen LogP contribution in [-0.4, -0.2) is 64.0 Å². The quantitative estimate of drug-likeness (QED) is 0.750. The first kappa shape index (κ1) is 18.0. The van der Waals surface area contributed by atoms with E-state index >= 15 is 0 Å². The molecule has 0 unspecified atom stereocenters. The fraction of sp³-hybridized carbons (Fsp3) is 0.706. The number of nitrogens with zero attached hydrogens (tertiary/aromatic N) is 6. The second-order valence-corrected chi connectivity index (χ2v) is 7.01. The Bertz CT molecular complexity index is 670. The molecule has 0 saturated carbocycles. The summed E-state index contributed by atoms with van der Waals surface area (Å²) >= 11 is 0. The van der Waals surface area contributed by atoms with Gasteiger partial charge in [-0.05, 0) is 39.4 Å². The summed E-state index contributed by atoms with van der Waals surface area (Å²) in [6.45, 7) is 3.14. The molecule has 0 radical (unpaired) electrons. The highest BCUT2D eigenvalue weighted by molar-refractivity contribution is 5.13. The van der Waals surface area contributed by atoms with E-state index in [2.05, 4.69) is 45.3 Å². The third kappa shape index (κ3) is 4.45. The summed E-state index contributed by atoms with van der Waals surface area (Å²) in [5.41, 5.74) is 1.29. The van der Waals surface area contributed by atoms with Crippen molar-refractivity contribution in [2.45, 2.75) is 32.0 Å². The molecule has 0 aromatic carbocycles. The minimum Gasteiger partial charge on any atom is -0.377 e. The zero-order chi connectivity index (χ0) is 17.8. The summed E-state index contributed by atoms with van der Waals surface area (Å²) in [7, 11) is 7.91. The van der Waals surface area contributed by atoms with Gasteiger partial charge < -0.3 is 9.26 Å². The molecular weight excluding hydrogens is 320 g/mol. The van der Waals surface area contributed by atoms with Crippen LogP contribution >= 0.6 is 0 Å². The van der Waals surface area contributed by atoms with Crippen LogP contribution in [0.3, 0.4) is 0 Å². The Labute approximate surface area is 148 Å².